The second kappa shape index (κ2) is 6.86. The molecule has 1 atom stereocenters. The molecule has 0 radical (unpaired) electrons. The summed E-state index contributed by atoms with van der Waals surface area (Å²) in [5.74, 6) is 0.432. The molecule has 1 rings (SSSR count). The number of benzene rings is 1. The third-order valence-corrected chi connectivity index (χ3v) is 3.14. The lowest BCUT2D eigenvalue weighted by Crippen LogP contribution is -2.35. The van der Waals surface area contributed by atoms with Crippen molar-refractivity contribution in [3.63, 3.8) is 0 Å². The largest absolute Gasteiger partial charge is 0.314 e. The molecule has 1 N–H and O–H groups in total. The molecule has 0 aliphatic carbocycles. The molecule has 0 spiro atoms. The van der Waals surface area contributed by atoms with E-state index >= 15 is 0 Å². The minimum absolute atomic E-state index is 0.0372. The molecule has 0 aliphatic heterocycles. The van der Waals surface area contributed by atoms with E-state index in [4.69, 9.17) is 5.26 Å². The number of hydrogen-bond acceptors (Lipinski definition) is 4. The van der Waals surface area contributed by atoms with Crippen molar-refractivity contribution < 1.29 is 4.92 Å². The standard InChI is InChI=1S/C14H19N3O2/c1-4-16-14(10(2)3)8-11-5-6-13(17(18)19)7-12(11)9-15/h5-7,10,14,16H,4,8H2,1-3H3. The monoisotopic (exact) mass is 261 g/mol. The Bertz CT molecular complexity index is 492. The van der Waals surface area contributed by atoms with Gasteiger partial charge in [-0.3, -0.25) is 10.1 Å². The van der Waals surface area contributed by atoms with E-state index in [9.17, 15) is 10.1 Å². The van der Waals surface area contributed by atoms with Gasteiger partial charge in [0.2, 0.25) is 0 Å². The van der Waals surface area contributed by atoms with Crippen molar-refractivity contribution in [2.75, 3.05) is 6.54 Å². The normalized spacial score (nSPS) is 12.2. The first-order chi connectivity index (χ1) is 8.99. The summed E-state index contributed by atoms with van der Waals surface area (Å²) in [5, 5.41) is 23.2. The maximum Gasteiger partial charge on any atom is 0.270 e. The number of non-ortho nitro benzene ring substituents is 1. The predicted octanol–water partition coefficient (Wildman–Crippen LogP) is 2.64. The Morgan fingerprint density at radius 2 is 2.16 bits per heavy atom. The first-order valence-electron chi connectivity index (χ1n) is 6.40. The van der Waals surface area contributed by atoms with Crippen LogP contribution in [0.25, 0.3) is 0 Å². The molecule has 0 saturated carbocycles. The van der Waals surface area contributed by atoms with Crippen molar-refractivity contribution in [2.24, 2.45) is 5.92 Å². The van der Waals surface area contributed by atoms with Crippen molar-refractivity contribution in [3.05, 3.63) is 39.4 Å². The third-order valence-electron chi connectivity index (χ3n) is 3.14. The van der Waals surface area contributed by atoms with Gasteiger partial charge >= 0.3 is 0 Å². The van der Waals surface area contributed by atoms with E-state index in [1.807, 2.05) is 13.0 Å². The molecule has 0 amide bonds. The van der Waals surface area contributed by atoms with Crippen molar-refractivity contribution in [1.82, 2.24) is 5.32 Å². The highest BCUT2D eigenvalue weighted by Gasteiger charge is 2.17. The number of rotatable bonds is 6. The summed E-state index contributed by atoms with van der Waals surface area (Å²) < 4.78 is 0. The molecule has 0 heterocycles. The number of nitro groups is 1. The fourth-order valence-electron chi connectivity index (χ4n) is 2.00. The topological polar surface area (TPSA) is 79.0 Å². The average molecular weight is 261 g/mol. The van der Waals surface area contributed by atoms with Crippen LogP contribution in [0.5, 0.6) is 0 Å². The number of hydrogen-bond donors (Lipinski definition) is 1. The van der Waals surface area contributed by atoms with Crippen LogP contribution in [0.3, 0.4) is 0 Å². The van der Waals surface area contributed by atoms with Gasteiger partial charge in [-0.2, -0.15) is 5.26 Å². The molecule has 1 aromatic carbocycles. The lowest BCUT2D eigenvalue weighted by atomic mass is 9.93. The van der Waals surface area contributed by atoms with E-state index in [0.717, 1.165) is 12.1 Å². The molecule has 5 heteroatoms. The van der Waals surface area contributed by atoms with Crippen LogP contribution in [0.4, 0.5) is 5.69 Å². The summed E-state index contributed by atoms with van der Waals surface area (Å²) >= 11 is 0. The van der Waals surface area contributed by atoms with Gasteiger partial charge in [0.15, 0.2) is 0 Å². The lowest BCUT2D eigenvalue weighted by molar-refractivity contribution is -0.384. The van der Waals surface area contributed by atoms with E-state index in [1.165, 1.54) is 12.1 Å². The number of likely N-dealkylation sites (N-methyl/N-ethyl adjacent to an activating group) is 1. The number of nitrogens with one attached hydrogen (secondary N) is 1. The van der Waals surface area contributed by atoms with Crippen LogP contribution in [0.1, 0.15) is 31.9 Å². The van der Waals surface area contributed by atoms with Crippen molar-refractivity contribution in [1.29, 1.82) is 5.26 Å². The van der Waals surface area contributed by atoms with Gasteiger partial charge in [-0.05, 0) is 24.4 Å². The third kappa shape index (κ3) is 4.04. The van der Waals surface area contributed by atoms with Crippen LogP contribution in [0.15, 0.2) is 18.2 Å². The van der Waals surface area contributed by atoms with E-state index in [-0.39, 0.29) is 11.7 Å². The summed E-state index contributed by atoms with van der Waals surface area (Å²) in [5.41, 5.74) is 1.20. The SMILES string of the molecule is CCNC(Cc1ccc([N+](=O)[O-])cc1C#N)C(C)C. The van der Waals surface area contributed by atoms with Crippen LogP contribution >= 0.6 is 0 Å². The van der Waals surface area contributed by atoms with Gasteiger partial charge < -0.3 is 5.32 Å². The average Bonchev–Trinajstić information content (AvgIpc) is 2.38. The zero-order valence-corrected chi connectivity index (χ0v) is 11.5. The van der Waals surface area contributed by atoms with Crippen molar-refractivity contribution in [2.45, 2.75) is 33.2 Å². The highest BCUT2D eigenvalue weighted by atomic mass is 16.6. The van der Waals surface area contributed by atoms with Crippen LogP contribution < -0.4 is 5.32 Å². The Labute approximate surface area is 113 Å². The predicted molar refractivity (Wildman–Crippen MR) is 73.8 cm³/mol. The van der Waals surface area contributed by atoms with Gasteiger partial charge in [-0.15, -0.1) is 0 Å². The van der Waals surface area contributed by atoms with Gasteiger partial charge in [0.1, 0.15) is 0 Å². The Kier molecular flexibility index (Phi) is 5.46. The lowest BCUT2D eigenvalue weighted by Gasteiger charge is -2.22. The van der Waals surface area contributed by atoms with Crippen LogP contribution in [-0.4, -0.2) is 17.5 Å². The van der Waals surface area contributed by atoms with E-state index in [1.54, 1.807) is 6.07 Å². The smallest absolute Gasteiger partial charge is 0.270 e. The summed E-state index contributed by atoms with van der Waals surface area (Å²) in [7, 11) is 0. The van der Waals surface area contributed by atoms with Gasteiger partial charge in [0.05, 0.1) is 16.6 Å². The molecule has 1 aromatic rings. The van der Waals surface area contributed by atoms with Crippen LogP contribution in [-0.2, 0) is 6.42 Å². The molecule has 102 valence electrons. The fraction of sp³-hybridized carbons (Fsp3) is 0.500. The second-order valence-corrected chi connectivity index (χ2v) is 4.82. The maximum atomic E-state index is 10.7. The molecule has 0 aromatic heterocycles. The number of nitrogens with zero attached hydrogens (tertiary/aromatic N) is 2. The Balaban J connectivity index is 3.00. The second-order valence-electron chi connectivity index (χ2n) is 4.82. The highest BCUT2D eigenvalue weighted by Crippen LogP contribution is 2.20. The quantitative estimate of drug-likeness (QED) is 0.630. The molecular weight excluding hydrogens is 242 g/mol. The first-order valence-corrected chi connectivity index (χ1v) is 6.40. The minimum atomic E-state index is -0.477. The van der Waals surface area contributed by atoms with Crippen molar-refractivity contribution in [3.8, 4) is 6.07 Å². The van der Waals surface area contributed by atoms with Crippen LogP contribution in [0.2, 0.25) is 0 Å². The highest BCUT2D eigenvalue weighted by molar-refractivity contribution is 5.46. The zero-order chi connectivity index (χ0) is 14.4. The Morgan fingerprint density at radius 1 is 1.47 bits per heavy atom. The van der Waals surface area contributed by atoms with Gasteiger partial charge in [-0.25, -0.2) is 0 Å². The summed E-state index contributed by atoms with van der Waals surface area (Å²) in [6.45, 7) is 7.13. The number of nitro benzene ring substituents is 1. The summed E-state index contributed by atoms with van der Waals surface area (Å²) in [6, 6.07) is 6.80. The van der Waals surface area contributed by atoms with E-state index < -0.39 is 4.92 Å². The molecule has 0 bridgehead atoms. The molecule has 1 unspecified atom stereocenters. The minimum Gasteiger partial charge on any atom is -0.314 e. The van der Waals surface area contributed by atoms with Gasteiger partial charge in [0.25, 0.3) is 5.69 Å². The fourth-order valence-corrected chi connectivity index (χ4v) is 2.00. The van der Waals surface area contributed by atoms with Gasteiger partial charge in [-0.1, -0.05) is 26.8 Å². The molecule has 0 aliphatic rings. The van der Waals surface area contributed by atoms with Gasteiger partial charge in [0, 0.05) is 18.2 Å². The number of nitriles is 1. The Morgan fingerprint density at radius 3 is 2.63 bits per heavy atom. The van der Waals surface area contributed by atoms with Crippen molar-refractivity contribution >= 4 is 5.69 Å². The first kappa shape index (κ1) is 15.1. The summed E-state index contributed by atoms with van der Waals surface area (Å²) in [4.78, 5) is 10.2. The van der Waals surface area contributed by atoms with E-state index in [0.29, 0.717) is 17.9 Å². The molecule has 0 fully saturated rings. The zero-order valence-electron chi connectivity index (χ0n) is 11.5. The summed E-state index contributed by atoms with van der Waals surface area (Å²) in [6.07, 6.45) is 0.701. The Hall–Kier alpha value is -1.93. The molecule has 5 nitrogen and oxygen atoms in total. The van der Waals surface area contributed by atoms with E-state index in [2.05, 4.69) is 19.2 Å². The molecular formula is C14H19N3O2. The molecule has 0 saturated heterocycles. The maximum absolute atomic E-state index is 10.7. The molecule has 19 heavy (non-hydrogen) atoms. The van der Waals surface area contributed by atoms with Crippen LogP contribution in [0, 0.1) is 27.4 Å².